The van der Waals surface area contributed by atoms with Crippen LogP contribution in [-0.2, 0) is 65.4 Å². The molecule has 0 spiro atoms. The summed E-state index contributed by atoms with van der Waals surface area (Å²) in [4.78, 5) is 72.9. The van der Waals surface area contributed by atoms with Gasteiger partial charge in [0.2, 0.25) is 0 Å². The number of ether oxygens (including phenoxy) is 4. The third-order valence-corrected chi connectivity index (χ3v) is 21.5. The van der Waals surface area contributed by atoms with Crippen LogP contribution in [0.25, 0.3) is 0 Å². The van der Waals surface area contributed by atoms with Crippen molar-refractivity contribution in [1.29, 1.82) is 0 Å². The molecule has 0 aromatic heterocycles. The van der Waals surface area contributed by atoms with Gasteiger partial charge < -0.3 is 33.8 Å². The zero-order valence-corrected chi connectivity index (χ0v) is 68.0. The first-order valence-electron chi connectivity index (χ1n) is 42.5. The van der Waals surface area contributed by atoms with E-state index in [1.165, 1.54) is 244 Å². The van der Waals surface area contributed by atoms with Crippen LogP contribution in [0.3, 0.4) is 0 Å². The number of phosphoric acid groups is 2. The van der Waals surface area contributed by atoms with Crippen molar-refractivity contribution in [2.24, 2.45) is 11.8 Å². The second-order valence-electron chi connectivity index (χ2n) is 30.2. The van der Waals surface area contributed by atoms with Gasteiger partial charge in [-0.1, -0.05) is 382 Å². The molecule has 6 atom stereocenters. The van der Waals surface area contributed by atoms with E-state index in [9.17, 15) is 43.2 Å². The normalized spacial score (nSPS) is 14.2. The third-order valence-electron chi connectivity index (χ3n) is 19.6. The Labute approximate surface area is 619 Å². The lowest BCUT2D eigenvalue weighted by Gasteiger charge is -2.21. The molecule has 19 heteroatoms. The number of aliphatic hydroxyl groups excluding tert-OH is 1. The molecule has 0 aliphatic carbocycles. The minimum atomic E-state index is -4.96. The fraction of sp³-hybridized carbons (Fsp3) is 0.951. The lowest BCUT2D eigenvalue weighted by atomic mass is 9.99. The van der Waals surface area contributed by atoms with Crippen molar-refractivity contribution in [3.63, 3.8) is 0 Å². The number of esters is 4. The van der Waals surface area contributed by atoms with Gasteiger partial charge in [-0.3, -0.25) is 37.3 Å². The molecule has 0 amide bonds. The van der Waals surface area contributed by atoms with Crippen LogP contribution in [-0.4, -0.2) is 96.7 Å². The molecule has 0 saturated carbocycles. The van der Waals surface area contributed by atoms with Crippen LogP contribution >= 0.6 is 15.6 Å². The molecule has 0 aromatic carbocycles. The summed E-state index contributed by atoms with van der Waals surface area (Å²) in [5.41, 5.74) is 0. The van der Waals surface area contributed by atoms with E-state index in [0.29, 0.717) is 31.6 Å². The number of hydrogen-bond acceptors (Lipinski definition) is 15. The standard InChI is InChI=1S/C82H160O17P2/c1-7-10-12-14-16-18-20-21-22-23-24-25-29-32-35-38-42-45-52-58-64-79(84)92-70-77(98-82(87)67-61-55-47-43-39-36-33-30-27-26-28-31-34-37-40-44-51-57-63-75(6)9-3)72-96-100(88,89)94-68-76(83)69-95-101(90,91)97-73-78(71-93-80(85)65-59-53-49-48-50-56-62-74(4)5)99-81(86)66-60-54-46-41-19-17-15-13-11-8-2/h74-78,83H,7-73H2,1-6H3,(H,88,89)(H,90,91)/t75?,76-,77-,78-/m1/s1. The van der Waals surface area contributed by atoms with Crippen LogP contribution in [0.5, 0.6) is 0 Å². The molecule has 600 valence electrons. The van der Waals surface area contributed by atoms with Crippen molar-refractivity contribution in [2.45, 2.75) is 452 Å². The number of aliphatic hydroxyl groups is 1. The van der Waals surface area contributed by atoms with E-state index in [1.807, 2.05) is 0 Å². The summed E-state index contributed by atoms with van der Waals surface area (Å²) in [7, 11) is -9.91. The average molecular weight is 1480 g/mol. The van der Waals surface area contributed by atoms with Crippen LogP contribution in [0.2, 0.25) is 0 Å². The van der Waals surface area contributed by atoms with Gasteiger partial charge >= 0.3 is 39.5 Å². The molecule has 0 bridgehead atoms. The summed E-state index contributed by atoms with van der Waals surface area (Å²) >= 11 is 0. The average Bonchev–Trinajstić information content (AvgIpc) is 0.924. The van der Waals surface area contributed by atoms with Crippen molar-refractivity contribution < 1.29 is 80.2 Å². The van der Waals surface area contributed by atoms with Gasteiger partial charge in [0.15, 0.2) is 12.2 Å². The number of rotatable bonds is 81. The maximum Gasteiger partial charge on any atom is 0.472 e. The van der Waals surface area contributed by atoms with Crippen LogP contribution < -0.4 is 0 Å². The highest BCUT2D eigenvalue weighted by atomic mass is 31.2. The van der Waals surface area contributed by atoms with E-state index in [-0.39, 0.29) is 25.7 Å². The molecule has 0 aromatic rings. The quantitative estimate of drug-likeness (QED) is 0.0222. The summed E-state index contributed by atoms with van der Waals surface area (Å²) in [5, 5.41) is 10.6. The summed E-state index contributed by atoms with van der Waals surface area (Å²) in [6.07, 6.45) is 64.2. The number of hydrogen-bond donors (Lipinski definition) is 3. The Morgan fingerprint density at radius 2 is 0.505 bits per heavy atom. The van der Waals surface area contributed by atoms with Gasteiger partial charge in [-0.2, -0.15) is 0 Å². The smallest absolute Gasteiger partial charge is 0.462 e. The lowest BCUT2D eigenvalue weighted by Crippen LogP contribution is -2.30. The molecule has 17 nitrogen and oxygen atoms in total. The van der Waals surface area contributed by atoms with E-state index in [4.69, 9.17) is 37.0 Å². The second kappa shape index (κ2) is 73.6. The van der Waals surface area contributed by atoms with Crippen LogP contribution in [0, 0.1) is 11.8 Å². The van der Waals surface area contributed by atoms with Gasteiger partial charge in [-0.25, -0.2) is 9.13 Å². The Morgan fingerprint density at radius 1 is 0.287 bits per heavy atom. The van der Waals surface area contributed by atoms with Crippen molar-refractivity contribution in [3.05, 3.63) is 0 Å². The van der Waals surface area contributed by atoms with Gasteiger partial charge in [-0.05, 0) is 37.5 Å². The Kier molecular flexibility index (Phi) is 72.2. The molecular weight excluding hydrogens is 1320 g/mol. The van der Waals surface area contributed by atoms with E-state index in [2.05, 4.69) is 41.5 Å². The van der Waals surface area contributed by atoms with Gasteiger partial charge in [0.25, 0.3) is 0 Å². The molecular formula is C82H160O17P2. The molecule has 0 saturated heterocycles. The summed E-state index contributed by atoms with van der Waals surface area (Å²) in [5.74, 6) is -0.561. The van der Waals surface area contributed by atoms with Crippen molar-refractivity contribution in [2.75, 3.05) is 39.6 Å². The summed E-state index contributed by atoms with van der Waals surface area (Å²) in [6, 6.07) is 0. The molecule has 0 rings (SSSR count). The monoisotopic (exact) mass is 1480 g/mol. The SMILES string of the molecule is CCCCCCCCCCCCCCCCCCCCCCC(=O)OC[C@H](COP(=O)(O)OC[C@@H](O)COP(=O)(O)OC[C@@H](COC(=O)CCCCCCCCC(C)C)OC(=O)CCCCCCCCCCCC)OC(=O)CCCCCCCCCCCCCCCCCCCCC(C)CC. The molecule has 3 unspecified atom stereocenters. The van der Waals surface area contributed by atoms with E-state index in [0.717, 1.165) is 102 Å². The first-order valence-corrected chi connectivity index (χ1v) is 45.5. The molecule has 0 aliphatic rings. The van der Waals surface area contributed by atoms with Crippen LogP contribution in [0.1, 0.15) is 433 Å². The lowest BCUT2D eigenvalue weighted by molar-refractivity contribution is -0.161. The molecule has 0 fully saturated rings. The zero-order valence-electron chi connectivity index (χ0n) is 66.2. The summed E-state index contributed by atoms with van der Waals surface area (Å²) < 4.78 is 68.6. The molecule has 0 radical (unpaired) electrons. The van der Waals surface area contributed by atoms with Crippen LogP contribution in [0.4, 0.5) is 0 Å². The second-order valence-corrected chi connectivity index (χ2v) is 33.1. The van der Waals surface area contributed by atoms with Crippen molar-refractivity contribution >= 4 is 39.5 Å². The van der Waals surface area contributed by atoms with Crippen LogP contribution in [0.15, 0.2) is 0 Å². The van der Waals surface area contributed by atoms with Gasteiger partial charge in [-0.15, -0.1) is 0 Å². The molecule has 0 aliphatic heterocycles. The Balaban J connectivity index is 5.16. The maximum absolute atomic E-state index is 13.1. The minimum Gasteiger partial charge on any atom is -0.462 e. The number of carbonyl (C=O) groups is 4. The fourth-order valence-electron chi connectivity index (χ4n) is 12.7. The maximum atomic E-state index is 13.1. The number of unbranched alkanes of at least 4 members (excludes halogenated alkanes) is 50. The zero-order chi connectivity index (χ0) is 74.2. The largest absolute Gasteiger partial charge is 0.472 e. The molecule has 0 heterocycles. The molecule has 101 heavy (non-hydrogen) atoms. The predicted molar refractivity (Wildman–Crippen MR) is 414 cm³/mol. The fourth-order valence-corrected chi connectivity index (χ4v) is 14.3. The van der Waals surface area contributed by atoms with E-state index in [1.54, 1.807) is 0 Å². The highest BCUT2D eigenvalue weighted by Gasteiger charge is 2.30. The van der Waals surface area contributed by atoms with E-state index >= 15 is 0 Å². The first-order chi connectivity index (χ1) is 48.9. The third kappa shape index (κ3) is 74.7. The van der Waals surface area contributed by atoms with E-state index < -0.39 is 97.5 Å². The Bertz CT molecular complexity index is 1940. The van der Waals surface area contributed by atoms with Gasteiger partial charge in [0.1, 0.15) is 19.3 Å². The van der Waals surface area contributed by atoms with Crippen molar-refractivity contribution in [1.82, 2.24) is 0 Å². The highest BCUT2D eigenvalue weighted by molar-refractivity contribution is 7.47. The predicted octanol–water partition coefficient (Wildman–Crippen LogP) is 24.7. The summed E-state index contributed by atoms with van der Waals surface area (Å²) in [6.45, 7) is 9.60. The van der Waals surface area contributed by atoms with Gasteiger partial charge in [0, 0.05) is 25.7 Å². The Hall–Kier alpha value is -1.94. The topological polar surface area (TPSA) is 237 Å². The van der Waals surface area contributed by atoms with Gasteiger partial charge in [0.05, 0.1) is 26.4 Å². The van der Waals surface area contributed by atoms with Crippen molar-refractivity contribution in [3.8, 4) is 0 Å². The first kappa shape index (κ1) is 99.1. The number of carbonyl (C=O) groups excluding carboxylic acids is 4. The number of phosphoric ester groups is 2. The molecule has 3 N–H and O–H groups in total. The highest BCUT2D eigenvalue weighted by Crippen LogP contribution is 2.45. The minimum absolute atomic E-state index is 0.106. The Morgan fingerprint density at radius 3 is 0.752 bits per heavy atom.